The molecule has 4 rings (SSSR count). The average molecular weight is 344 g/mol. The number of amides is 2. The van der Waals surface area contributed by atoms with Crippen LogP contribution in [0, 0.1) is 0 Å². The summed E-state index contributed by atoms with van der Waals surface area (Å²) in [6.07, 6.45) is 6.70. The first-order valence-corrected chi connectivity index (χ1v) is 8.11. The molecule has 3 aromatic rings. The van der Waals surface area contributed by atoms with Crippen molar-refractivity contribution in [2.24, 2.45) is 4.99 Å². The summed E-state index contributed by atoms with van der Waals surface area (Å²) in [4.78, 5) is 27.1. The summed E-state index contributed by atoms with van der Waals surface area (Å²) in [5, 5.41) is 6.05. The minimum atomic E-state index is -0.322. The van der Waals surface area contributed by atoms with E-state index in [0.29, 0.717) is 23.9 Å². The van der Waals surface area contributed by atoms with Crippen LogP contribution in [0.4, 0.5) is 27.7 Å². The third-order valence-electron chi connectivity index (χ3n) is 3.88. The van der Waals surface area contributed by atoms with Crippen molar-refractivity contribution in [3.63, 3.8) is 0 Å². The molecule has 2 aromatic heterocycles. The lowest BCUT2D eigenvalue weighted by Crippen LogP contribution is -2.31. The molecule has 1 aliphatic heterocycles. The summed E-state index contributed by atoms with van der Waals surface area (Å²) in [6.45, 7) is 0.553. The van der Waals surface area contributed by atoms with Crippen LogP contribution in [0.15, 0.2) is 72.1 Å². The topological polar surface area (TPSA) is 82.5 Å². The Morgan fingerprint density at radius 3 is 2.88 bits per heavy atom. The van der Waals surface area contributed by atoms with Gasteiger partial charge in [-0.05, 0) is 42.5 Å². The average Bonchev–Trinajstić information content (AvgIpc) is 2.70. The number of fused-ring (bicyclic) bond motifs is 1. The van der Waals surface area contributed by atoms with Crippen molar-refractivity contribution >= 4 is 35.1 Å². The number of benzene rings is 1. The second kappa shape index (κ2) is 7.02. The number of hydrogen-bond acceptors (Lipinski definition) is 5. The number of carbonyl (C=O) groups excluding carboxylic acids is 1. The molecule has 0 fully saturated rings. The summed E-state index contributed by atoms with van der Waals surface area (Å²) >= 11 is 0. The maximum absolute atomic E-state index is 13.0. The SMILES string of the molecule is O=C(Nc1cccnc1)N(c1ccc2c(c1)C=NCN2)c1ccccn1. The Balaban J connectivity index is 1.72. The molecule has 0 saturated heterocycles. The van der Waals surface area contributed by atoms with Gasteiger partial charge < -0.3 is 10.6 Å². The number of nitrogens with zero attached hydrogens (tertiary/aromatic N) is 4. The molecule has 2 N–H and O–H groups in total. The van der Waals surface area contributed by atoms with Crippen molar-refractivity contribution in [2.75, 3.05) is 22.2 Å². The van der Waals surface area contributed by atoms with Crippen LogP contribution in [-0.4, -0.2) is 28.9 Å². The van der Waals surface area contributed by atoms with E-state index in [1.54, 1.807) is 43.0 Å². The minimum Gasteiger partial charge on any atom is -0.366 e. The van der Waals surface area contributed by atoms with Crippen LogP contribution in [0.5, 0.6) is 0 Å². The number of anilines is 4. The quantitative estimate of drug-likeness (QED) is 0.760. The fourth-order valence-electron chi connectivity index (χ4n) is 2.69. The zero-order valence-corrected chi connectivity index (χ0v) is 13.8. The van der Waals surface area contributed by atoms with Crippen LogP contribution in [0.2, 0.25) is 0 Å². The van der Waals surface area contributed by atoms with Crippen molar-refractivity contribution in [3.05, 3.63) is 72.7 Å². The molecule has 3 heterocycles. The fraction of sp³-hybridized carbons (Fsp3) is 0.0526. The summed E-state index contributed by atoms with van der Waals surface area (Å²) in [7, 11) is 0. The van der Waals surface area contributed by atoms with E-state index in [9.17, 15) is 4.79 Å². The van der Waals surface area contributed by atoms with E-state index >= 15 is 0 Å². The number of rotatable bonds is 3. The number of aliphatic imine (C=N–C) groups is 1. The minimum absolute atomic E-state index is 0.322. The third kappa shape index (κ3) is 3.23. The summed E-state index contributed by atoms with van der Waals surface area (Å²) in [5.41, 5.74) is 3.21. The van der Waals surface area contributed by atoms with Gasteiger partial charge in [-0.1, -0.05) is 6.07 Å². The van der Waals surface area contributed by atoms with Crippen LogP contribution in [0.1, 0.15) is 5.56 Å². The van der Waals surface area contributed by atoms with Crippen molar-refractivity contribution in [3.8, 4) is 0 Å². The van der Waals surface area contributed by atoms with E-state index in [4.69, 9.17) is 0 Å². The molecule has 26 heavy (non-hydrogen) atoms. The molecule has 0 radical (unpaired) electrons. The van der Waals surface area contributed by atoms with E-state index in [1.807, 2.05) is 30.3 Å². The van der Waals surface area contributed by atoms with Crippen LogP contribution in [0.3, 0.4) is 0 Å². The normalized spacial score (nSPS) is 12.0. The first-order chi connectivity index (χ1) is 12.8. The zero-order chi connectivity index (χ0) is 17.8. The molecular weight excluding hydrogens is 328 g/mol. The van der Waals surface area contributed by atoms with E-state index in [-0.39, 0.29) is 6.03 Å². The van der Waals surface area contributed by atoms with Crippen molar-refractivity contribution in [1.29, 1.82) is 0 Å². The molecule has 0 aliphatic carbocycles. The molecule has 7 nitrogen and oxygen atoms in total. The van der Waals surface area contributed by atoms with Gasteiger partial charge in [0.2, 0.25) is 0 Å². The second-order valence-electron chi connectivity index (χ2n) is 5.61. The largest absolute Gasteiger partial charge is 0.366 e. The predicted molar refractivity (Wildman–Crippen MR) is 102 cm³/mol. The Kier molecular flexibility index (Phi) is 4.26. The van der Waals surface area contributed by atoms with Crippen LogP contribution in [-0.2, 0) is 0 Å². The lowest BCUT2D eigenvalue weighted by Gasteiger charge is -2.24. The number of carbonyl (C=O) groups is 1. The maximum atomic E-state index is 13.0. The molecule has 0 spiro atoms. The molecule has 128 valence electrons. The van der Waals surface area contributed by atoms with Gasteiger partial charge in [-0.3, -0.25) is 9.98 Å². The van der Waals surface area contributed by atoms with Gasteiger partial charge in [-0.2, -0.15) is 0 Å². The van der Waals surface area contributed by atoms with E-state index in [1.165, 1.54) is 4.90 Å². The molecule has 7 heteroatoms. The highest BCUT2D eigenvalue weighted by Gasteiger charge is 2.20. The molecule has 0 atom stereocenters. The van der Waals surface area contributed by atoms with Gasteiger partial charge in [-0.15, -0.1) is 0 Å². The van der Waals surface area contributed by atoms with E-state index < -0.39 is 0 Å². The lowest BCUT2D eigenvalue weighted by atomic mass is 10.1. The van der Waals surface area contributed by atoms with Gasteiger partial charge in [0.1, 0.15) is 12.5 Å². The first kappa shape index (κ1) is 15.8. The first-order valence-electron chi connectivity index (χ1n) is 8.11. The smallest absolute Gasteiger partial charge is 0.332 e. The van der Waals surface area contributed by atoms with Crippen LogP contribution >= 0.6 is 0 Å². The van der Waals surface area contributed by atoms with Crippen molar-refractivity contribution in [1.82, 2.24) is 9.97 Å². The Labute approximate surface area is 150 Å². The van der Waals surface area contributed by atoms with Crippen molar-refractivity contribution in [2.45, 2.75) is 0 Å². The summed E-state index contributed by atoms with van der Waals surface area (Å²) < 4.78 is 0. The van der Waals surface area contributed by atoms with Gasteiger partial charge in [0.15, 0.2) is 0 Å². The van der Waals surface area contributed by atoms with Crippen LogP contribution in [0.25, 0.3) is 0 Å². The van der Waals surface area contributed by atoms with Gasteiger partial charge >= 0.3 is 6.03 Å². The predicted octanol–water partition coefficient (Wildman–Crippen LogP) is 3.65. The van der Waals surface area contributed by atoms with Gasteiger partial charge in [0, 0.05) is 29.9 Å². The standard InChI is InChI=1S/C19H16N6O/c26-19(24-15-4-3-8-20-12-15)25(18-5-1-2-9-22-18)16-6-7-17-14(10-16)11-21-13-23-17/h1-12,23H,13H2,(H,24,26). The van der Waals surface area contributed by atoms with E-state index in [0.717, 1.165) is 11.3 Å². The van der Waals surface area contributed by atoms with Crippen molar-refractivity contribution < 1.29 is 4.79 Å². The van der Waals surface area contributed by atoms with E-state index in [2.05, 4.69) is 25.6 Å². The molecule has 1 aromatic carbocycles. The maximum Gasteiger partial charge on any atom is 0.332 e. The molecule has 0 saturated carbocycles. The molecule has 2 amide bonds. The van der Waals surface area contributed by atoms with Gasteiger partial charge in [0.25, 0.3) is 0 Å². The molecule has 0 unspecified atom stereocenters. The Morgan fingerprint density at radius 1 is 1.12 bits per heavy atom. The van der Waals surface area contributed by atoms with Gasteiger partial charge in [0.05, 0.1) is 17.6 Å². The molecular formula is C19H16N6O. The Hall–Kier alpha value is -3.74. The second-order valence-corrected chi connectivity index (χ2v) is 5.61. The Bertz CT molecular complexity index is 943. The number of hydrogen-bond donors (Lipinski definition) is 2. The monoisotopic (exact) mass is 344 g/mol. The fourth-order valence-corrected chi connectivity index (χ4v) is 2.69. The molecule has 0 bridgehead atoms. The number of aromatic nitrogens is 2. The van der Waals surface area contributed by atoms with Crippen LogP contribution < -0.4 is 15.5 Å². The lowest BCUT2D eigenvalue weighted by molar-refractivity contribution is 0.259. The zero-order valence-electron chi connectivity index (χ0n) is 13.8. The highest BCUT2D eigenvalue weighted by Crippen LogP contribution is 2.29. The Morgan fingerprint density at radius 2 is 2.08 bits per heavy atom. The number of urea groups is 1. The molecule has 1 aliphatic rings. The summed E-state index contributed by atoms with van der Waals surface area (Å²) in [5.74, 6) is 0.523. The highest BCUT2D eigenvalue weighted by atomic mass is 16.2. The van der Waals surface area contributed by atoms with Gasteiger partial charge in [-0.25, -0.2) is 14.7 Å². The number of pyridine rings is 2. The number of nitrogens with one attached hydrogen (secondary N) is 2. The summed E-state index contributed by atoms with van der Waals surface area (Å²) in [6, 6.07) is 14.4. The highest BCUT2D eigenvalue weighted by molar-refractivity contribution is 6.07. The third-order valence-corrected chi connectivity index (χ3v) is 3.88.